The fourth-order valence-corrected chi connectivity index (χ4v) is 1.23. The number of rotatable bonds is 0. The molecule has 1 aromatic carbocycles. The molecule has 12 heavy (non-hydrogen) atoms. The summed E-state index contributed by atoms with van der Waals surface area (Å²) in [6.45, 7) is 2.40. The lowest BCUT2D eigenvalue weighted by Crippen LogP contribution is -1.93. The van der Waals surface area contributed by atoms with E-state index in [2.05, 4.69) is 0 Å². The Labute approximate surface area is 72.2 Å². The zero-order valence-corrected chi connectivity index (χ0v) is 6.26. The Morgan fingerprint density at radius 3 is 2.92 bits per heavy atom. The number of fused-ring (bicyclic) bond motifs is 1. The Kier molecular flexibility index (Phi) is 2.18. The van der Waals surface area contributed by atoms with Crippen LogP contribution in [0.1, 0.15) is 28.9 Å². The maximum Gasteiger partial charge on any atom is 0.338 e. The maximum atomic E-state index is 11.0. The van der Waals surface area contributed by atoms with Gasteiger partial charge in [-0.25, -0.2) is 4.79 Å². The molecule has 2 heteroatoms. The third kappa shape index (κ3) is 1.20. The topological polar surface area (TPSA) is 26.3 Å². The minimum absolute atomic E-state index is 0. The van der Waals surface area contributed by atoms with Crippen LogP contribution >= 0.6 is 0 Å². The summed E-state index contributed by atoms with van der Waals surface area (Å²) in [7, 11) is 0. The van der Waals surface area contributed by atoms with Gasteiger partial charge in [-0.15, -0.1) is 0 Å². The van der Waals surface area contributed by atoms with Crippen molar-refractivity contribution >= 4 is 5.97 Å². The summed E-state index contributed by atoms with van der Waals surface area (Å²) in [5, 5.41) is 0. The van der Waals surface area contributed by atoms with Crippen molar-refractivity contribution in [2.24, 2.45) is 0 Å². The first-order chi connectivity index (χ1) is 5.27. The van der Waals surface area contributed by atoms with E-state index < -0.39 is 0 Å². The second kappa shape index (κ2) is 2.97. The first-order valence-electron chi connectivity index (χ1n) is 3.54. The number of carbonyl (C=O) groups is 1. The van der Waals surface area contributed by atoms with E-state index in [1.165, 1.54) is 0 Å². The summed E-state index contributed by atoms with van der Waals surface area (Å²) >= 11 is 0. The highest BCUT2D eigenvalue weighted by atomic mass is 16.5. The molecule has 0 fully saturated rings. The van der Waals surface area contributed by atoms with E-state index in [-0.39, 0.29) is 13.4 Å². The van der Waals surface area contributed by atoms with Gasteiger partial charge in [-0.2, -0.15) is 0 Å². The van der Waals surface area contributed by atoms with E-state index in [4.69, 9.17) is 4.74 Å². The molecule has 1 aromatic rings. The van der Waals surface area contributed by atoms with Gasteiger partial charge in [0.25, 0.3) is 0 Å². The van der Waals surface area contributed by atoms with Crippen molar-refractivity contribution in [3.05, 3.63) is 34.9 Å². The van der Waals surface area contributed by atoms with Crippen molar-refractivity contribution in [3.63, 3.8) is 0 Å². The van der Waals surface area contributed by atoms with E-state index >= 15 is 0 Å². The van der Waals surface area contributed by atoms with Crippen molar-refractivity contribution in [1.82, 2.24) is 0 Å². The SMILES string of the molecule is C.Cc1ccc2c(c1)C(=O)OC2. The first-order valence-corrected chi connectivity index (χ1v) is 3.54. The smallest absolute Gasteiger partial charge is 0.338 e. The van der Waals surface area contributed by atoms with E-state index in [0.29, 0.717) is 6.61 Å². The van der Waals surface area contributed by atoms with Crippen molar-refractivity contribution in [3.8, 4) is 0 Å². The van der Waals surface area contributed by atoms with Gasteiger partial charge in [-0.3, -0.25) is 0 Å². The lowest BCUT2D eigenvalue weighted by Gasteiger charge is -1.93. The Balaban J connectivity index is 0.000000720. The molecule has 64 valence electrons. The van der Waals surface area contributed by atoms with Gasteiger partial charge in [0.2, 0.25) is 0 Å². The summed E-state index contributed by atoms with van der Waals surface area (Å²) in [4.78, 5) is 11.0. The lowest BCUT2D eigenvalue weighted by atomic mass is 10.1. The number of aryl methyl sites for hydroxylation is 1. The number of cyclic esters (lactones) is 1. The van der Waals surface area contributed by atoms with E-state index in [9.17, 15) is 4.79 Å². The summed E-state index contributed by atoms with van der Waals surface area (Å²) in [5.74, 6) is -0.191. The lowest BCUT2D eigenvalue weighted by molar-refractivity contribution is 0.0535. The number of benzene rings is 1. The monoisotopic (exact) mass is 164 g/mol. The van der Waals surface area contributed by atoms with Crippen LogP contribution in [0.25, 0.3) is 0 Å². The molecule has 2 rings (SSSR count). The number of esters is 1. The molecule has 0 atom stereocenters. The molecule has 0 N–H and O–H groups in total. The van der Waals surface area contributed by atoms with Gasteiger partial charge in [-0.05, 0) is 13.0 Å². The van der Waals surface area contributed by atoms with Crippen LogP contribution in [-0.4, -0.2) is 5.97 Å². The summed E-state index contributed by atoms with van der Waals surface area (Å²) in [5.41, 5.74) is 2.83. The fourth-order valence-electron chi connectivity index (χ4n) is 1.23. The minimum Gasteiger partial charge on any atom is -0.457 e. The average molecular weight is 164 g/mol. The Morgan fingerprint density at radius 2 is 2.17 bits per heavy atom. The normalized spacial score (nSPS) is 13.2. The van der Waals surface area contributed by atoms with Crippen LogP contribution in [0.4, 0.5) is 0 Å². The molecule has 0 amide bonds. The molecule has 1 aliphatic rings. The van der Waals surface area contributed by atoms with Crippen LogP contribution in [0.3, 0.4) is 0 Å². The van der Waals surface area contributed by atoms with Crippen LogP contribution in [0.2, 0.25) is 0 Å². The molecule has 0 spiro atoms. The van der Waals surface area contributed by atoms with Crippen LogP contribution < -0.4 is 0 Å². The molecule has 1 heterocycles. The molecule has 1 aliphatic heterocycles. The first kappa shape index (κ1) is 8.78. The van der Waals surface area contributed by atoms with Gasteiger partial charge in [0.15, 0.2) is 0 Å². The van der Waals surface area contributed by atoms with Gasteiger partial charge < -0.3 is 4.74 Å². The number of ether oxygens (including phenoxy) is 1. The predicted octanol–water partition coefficient (Wildman–Crippen LogP) is 2.30. The Hall–Kier alpha value is -1.31. The number of hydrogen-bond donors (Lipinski definition) is 0. The number of hydrogen-bond acceptors (Lipinski definition) is 2. The maximum absolute atomic E-state index is 11.0. The zero-order chi connectivity index (χ0) is 7.84. The summed E-state index contributed by atoms with van der Waals surface area (Å²) in [6.07, 6.45) is 0. The van der Waals surface area contributed by atoms with Crippen LogP contribution in [0.5, 0.6) is 0 Å². The second-order valence-electron chi connectivity index (χ2n) is 2.74. The van der Waals surface area contributed by atoms with Crippen LogP contribution in [-0.2, 0) is 11.3 Å². The molecule has 0 radical (unpaired) electrons. The van der Waals surface area contributed by atoms with E-state index in [0.717, 1.165) is 16.7 Å². The molecule has 0 bridgehead atoms. The van der Waals surface area contributed by atoms with E-state index in [1.807, 2.05) is 25.1 Å². The van der Waals surface area contributed by atoms with Crippen molar-refractivity contribution < 1.29 is 9.53 Å². The molecule has 0 saturated heterocycles. The largest absolute Gasteiger partial charge is 0.457 e. The number of carbonyl (C=O) groups excluding carboxylic acids is 1. The quantitative estimate of drug-likeness (QED) is 0.550. The summed E-state index contributed by atoms with van der Waals surface area (Å²) < 4.78 is 4.84. The highest BCUT2D eigenvalue weighted by Gasteiger charge is 2.19. The van der Waals surface area contributed by atoms with Crippen molar-refractivity contribution in [2.45, 2.75) is 21.0 Å². The minimum atomic E-state index is -0.191. The fraction of sp³-hybridized carbons (Fsp3) is 0.300. The Morgan fingerprint density at radius 1 is 1.42 bits per heavy atom. The molecule has 2 nitrogen and oxygen atoms in total. The zero-order valence-electron chi connectivity index (χ0n) is 6.26. The van der Waals surface area contributed by atoms with Gasteiger partial charge in [0, 0.05) is 5.56 Å². The molecular weight excluding hydrogens is 152 g/mol. The molecule has 0 unspecified atom stereocenters. The molecule has 0 aliphatic carbocycles. The molecule has 0 saturated carbocycles. The van der Waals surface area contributed by atoms with Crippen LogP contribution in [0, 0.1) is 6.92 Å². The van der Waals surface area contributed by atoms with Gasteiger partial charge >= 0.3 is 5.97 Å². The van der Waals surface area contributed by atoms with Crippen molar-refractivity contribution in [2.75, 3.05) is 0 Å². The van der Waals surface area contributed by atoms with Gasteiger partial charge in [-0.1, -0.05) is 25.1 Å². The standard InChI is InChI=1S/C9H8O2.CH4/c1-6-2-3-7-5-11-9(10)8(7)4-6;/h2-4H,5H2,1H3;1H4. The Bertz CT molecular complexity index is 316. The third-order valence-corrected chi connectivity index (χ3v) is 1.84. The highest BCUT2D eigenvalue weighted by molar-refractivity contribution is 5.93. The molecule has 0 aromatic heterocycles. The second-order valence-corrected chi connectivity index (χ2v) is 2.74. The highest BCUT2D eigenvalue weighted by Crippen LogP contribution is 2.20. The third-order valence-electron chi connectivity index (χ3n) is 1.84. The van der Waals surface area contributed by atoms with E-state index in [1.54, 1.807) is 0 Å². The van der Waals surface area contributed by atoms with Crippen LogP contribution in [0.15, 0.2) is 18.2 Å². The predicted molar refractivity (Wildman–Crippen MR) is 47.0 cm³/mol. The average Bonchev–Trinajstić information content (AvgIpc) is 2.33. The summed E-state index contributed by atoms with van der Waals surface area (Å²) in [6, 6.07) is 5.79. The molecular formula is C10H12O2. The van der Waals surface area contributed by atoms with Gasteiger partial charge in [0.05, 0.1) is 5.56 Å². The van der Waals surface area contributed by atoms with Gasteiger partial charge in [0.1, 0.15) is 6.61 Å². The van der Waals surface area contributed by atoms with Crippen molar-refractivity contribution in [1.29, 1.82) is 0 Å².